The minimum absolute atomic E-state index is 0.204. The number of aromatic hydroxyl groups is 1. The zero-order chi connectivity index (χ0) is 16.0. The molecule has 2 aromatic rings. The fourth-order valence-corrected chi connectivity index (χ4v) is 2.90. The van der Waals surface area contributed by atoms with Crippen molar-refractivity contribution < 1.29 is 31.0 Å². The first-order valence-corrected chi connectivity index (χ1v) is 8.02. The van der Waals surface area contributed by atoms with Crippen molar-refractivity contribution in [2.45, 2.75) is 9.79 Å². The second kappa shape index (κ2) is 4.73. The number of phenols is 1. The Morgan fingerprint density at radius 3 is 2.00 bits per heavy atom. The van der Waals surface area contributed by atoms with Crippen molar-refractivity contribution in [1.29, 1.82) is 0 Å². The third-order valence-electron chi connectivity index (χ3n) is 2.70. The Kier molecular flexibility index (Phi) is 3.45. The molecule has 21 heavy (non-hydrogen) atoms. The zero-order valence-corrected chi connectivity index (χ0v) is 11.6. The molecular weight excluding hydrogens is 326 g/mol. The normalized spacial score (nSPS) is 12.5. The van der Waals surface area contributed by atoms with E-state index in [0.29, 0.717) is 6.07 Å². The molecule has 2 rings (SSSR count). The number of benzene rings is 2. The minimum atomic E-state index is -4.81. The highest BCUT2D eigenvalue weighted by Crippen LogP contribution is 2.39. The van der Waals surface area contributed by atoms with Gasteiger partial charge in [-0.3, -0.25) is 9.11 Å². The third-order valence-corrected chi connectivity index (χ3v) is 4.41. The van der Waals surface area contributed by atoms with Crippen LogP contribution in [0, 0.1) is 4.91 Å². The lowest BCUT2D eigenvalue weighted by Crippen LogP contribution is -2.00. The molecule has 0 unspecified atom stereocenters. The van der Waals surface area contributed by atoms with Crippen molar-refractivity contribution in [2.24, 2.45) is 5.18 Å². The van der Waals surface area contributed by atoms with Gasteiger partial charge >= 0.3 is 0 Å². The van der Waals surface area contributed by atoms with Crippen molar-refractivity contribution in [3.63, 3.8) is 0 Å². The van der Waals surface area contributed by atoms with Gasteiger partial charge in [0.1, 0.15) is 16.3 Å². The van der Waals surface area contributed by atoms with Crippen LogP contribution in [0.3, 0.4) is 0 Å². The maximum atomic E-state index is 11.1. The van der Waals surface area contributed by atoms with Gasteiger partial charge in [-0.25, -0.2) is 0 Å². The second-order valence-electron chi connectivity index (χ2n) is 3.99. The van der Waals surface area contributed by atoms with Crippen molar-refractivity contribution in [3.05, 3.63) is 29.2 Å². The molecule has 0 amide bonds. The van der Waals surface area contributed by atoms with E-state index in [1.807, 2.05) is 0 Å². The van der Waals surface area contributed by atoms with Crippen LogP contribution in [0.15, 0.2) is 39.2 Å². The lowest BCUT2D eigenvalue weighted by Gasteiger charge is -2.08. The highest BCUT2D eigenvalue weighted by Gasteiger charge is 2.22. The van der Waals surface area contributed by atoms with Crippen molar-refractivity contribution in [1.82, 2.24) is 0 Å². The fourth-order valence-electron chi connectivity index (χ4n) is 1.78. The van der Waals surface area contributed by atoms with E-state index in [9.17, 15) is 26.8 Å². The summed E-state index contributed by atoms with van der Waals surface area (Å²) in [5.74, 6) is -0.873. The molecule has 9 nitrogen and oxygen atoms in total. The zero-order valence-electron chi connectivity index (χ0n) is 9.96. The van der Waals surface area contributed by atoms with E-state index >= 15 is 0 Å². The first-order valence-electron chi connectivity index (χ1n) is 5.14. The smallest absolute Gasteiger partial charge is 0.298 e. The largest absolute Gasteiger partial charge is 0.506 e. The molecule has 0 aliphatic heterocycles. The summed E-state index contributed by atoms with van der Waals surface area (Å²) in [4.78, 5) is 9.24. The van der Waals surface area contributed by atoms with Crippen molar-refractivity contribution in [2.75, 3.05) is 0 Å². The Bertz CT molecular complexity index is 962. The quantitative estimate of drug-likeness (QED) is 0.562. The molecule has 0 atom stereocenters. The average molecular weight is 333 g/mol. The summed E-state index contributed by atoms with van der Waals surface area (Å²) in [7, 11) is -9.38. The van der Waals surface area contributed by atoms with Crippen LogP contribution in [0.25, 0.3) is 10.8 Å². The monoisotopic (exact) mass is 333 g/mol. The van der Waals surface area contributed by atoms with Gasteiger partial charge in [0.05, 0.1) is 4.90 Å². The fraction of sp³-hybridized carbons (Fsp3) is 0. The van der Waals surface area contributed by atoms with Crippen LogP contribution in [0.4, 0.5) is 5.69 Å². The van der Waals surface area contributed by atoms with Gasteiger partial charge in [0, 0.05) is 10.8 Å². The highest BCUT2D eigenvalue weighted by atomic mass is 32.2. The Morgan fingerprint density at radius 1 is 0.905 bits per heavy atom. The van der Waals surface area contributed by atoms with E-state index in [-0.39, 0.29) is 10.8 Å². The molecule has 0 aliphatic carbocycles. The summed E-state index contributed by atoms with van der Waals surface area (Å²) in [6.45, 7) is 0. The van der Waals surface area contributed by atoms with Crippen LogP contribution in [-0.2, 0) is 20.2 Å². The van der Waals surface area contributed by atoms with Gasteiger partial charge in [-0.15, -0.1) is 4.91 Å². The van der Waals surface area contributed by atoms with Gasteiger partial charge < -0.3 is 5.11 Å². The highest BCUT2D eigenvalue weighted by molar-refractivity contribution is 7.86. The third kappa shape index (κ3) is 2.71. The number of nitrogens with zero attached hydrogens (tertiary/aromatic N) is 1. The summed E-state index contributed by atoms with van der Waals surface area (Å²) in [5, 5.41) is 11.9. The number of nitroso groups, excluding NO2 is 1. The lowest BCUT2D eigenvalue weighted by molar-refractivity contribution is 0.448. The molecular formula is C10H7NO8S2. The van der Waals surface area contributed by atoms with Crippen LogP contribution in [0.5, 0.6) is 5.75 Å². The number of fused-ring (bicyclic) bond motifs is 1. The Balaban J connectivity index is 2.99. The molecule has 0 heterocycles. The Hall–Kier alpha value is -2.08. The van der Waals surface area contributed by atoms with E-state index in [4.69, 9.17) is 9.11 Å². The molecule has 11 heteroatoms. The molecule has 2 aromatic carbocycles. The van der Waals surface area contributed by atoms with Crippen LogP contribution < -0.4 is 0 Å². The molecule has 0 saturated heterocycles. The van der Waals surface area contributed by atoms with Gasteiger partial charge in [-0.2, -0.15) is 16.8 Å². The molecule has 0 saturated carbocycles. The molecule has 0 fully saturated rings. The van der Waals surface area contributed by atoms with Gasteiger partial charge in [-0.1, -0.05) is 0 Å². The maximum Gasteiger partial charge on any atom is 0.298 e. The molecule has 0 aromatic heterocycles. The summed E-state index contributed by atoms with van der Waals surface area (Å²) >= 11 is 0. The van der Waals surface area contributed by atoms with Gasteiger partial charge in [0.2, 0.25) is 0 Å². The van der Waals surface area contributed by atoms with E-state index in [0.717, 1.165) is 18.2 Å². The predicted molar refractivity (Wildman–Crippen MR) is 70.7 cm³/mol. The number of rotatable bonds is 3. The first-order chi connectivity index (χ1) is 9.55. The van der Waals surface area contributed by atoms with E-state index in [2.05, 4.69) is 5.18 Å². The first kappa shape index (κ1) is 15.3. The molecule has 0 aliphatic rings. The number of hydrogen-bond donors (Lipinski definition) is 3. The van der Waals surface area contributed by atoms with Crippen LogP contribution in [0.1, 0.15) is 0 Å². The summed E-state index contributed by atoms with van der Waals surface area (Å²) < 4.78 is 62.2. The summed E-state index contributed by atoms with van der Waals surface area (Å²) in [5.41, 5.74) is -0.527. The van der Waals surface area contributed by atoms with Crippen molar-refractivity contribution in [3.8, 4) is 5.75 Å². The van der Waals surface area contributed by atoms with Crippen LogP contribution >= 0.6 is 0 Å². The second-order valence-corrected chi connectivity index (χ2v) is 6.80. The molecule has 0 spiro atoms. The standard InChI is InChI=1S/C10H7NO8S2/c12-10-6-2-1-5(20(14,15)16)3-7(6)8(11-13)4-9(10)21(17,18)19/h1-4,12H,(H,14,15,16)(H,17,18,19). The van der Waals surface area contributed by atoms with E-state index in [1.54, 1.807) is 0 Å². The lowest BCUT2D eigenvalue weighted by atomic mass is 10.1. The minimum Gasteiger partial charge on any atom is -0.506 e. The number of hydrogen-bond acceptors (Lipinski definition) is 7. The summed E-state index contributed by atoms with van der Waals surface area (Å²) in [6.07, 6.45) is 0. The summed E-state index contributed by atoms with van der Waals surface area (Å²) in [6, 6.07) is 3.29. The molecule has 0 bridgehead atoms. The molecule has 0 radical (unpaired) electrons. The van der Waals surface area contributed by atoms with Crippen LogP contribution in [-0.4, -0.2) is 31.0 Å². The van der Waals surface area contributed by atoms with Gasteiger partial charge in [0.15, 0.2) is 0 Å². The average Bonchev–Trinajstić information content (AvgIpc) is 2.36. The molecule has 3 N–H and O–H groups in total. The van der Waals surface area contributed by atoms with Gasteiger partial charge in [-0.05, 0) is 29.4 Å². The van der Waals surface area contributed by atoms with Crippen LogP contribution in [0.2, 0.25) is 0 Å². The van der Waals surface area contributed by atoms with Crippen molar-refractivity contribution >= 4 is 36.7 Å². The van der Waals surface area contributed by atoms with E-state index < -0.39 is 41.5 Å². The molecule has 112 valence electrons. The Morgan fingerprint density at radius 2 is 1.52 bits per heavy atom. The SMILES string of the molecule is O=Nc1cc(S(=O)(=O)O)c(O)c2ccc(S(=O)(=O)O)cc12. The van der Waals surface area contributed by atoms with E-state index in [1.165, 1.54) is 0 Å². The number of phenolic OH excluding ortho intramolecular Hbond substituents is 1. The Labute approximate surface area is 118 Å². The predicted octanol–water partition coefficient (Wildman–Crippen LogP) is 1.44. The topological polar surface area (TPSA) is 158 Å². The maximum absolute atomic E-state index is 11.1. The van der Waals surface area contributed by atoms with Gasteiger partial charge in [0.25, 0.3) is 20.2 Å².